The summed E-state index contributed by atoms with van der Waals surface area (Å²) < 4.78 is 22.9. The normalized spacial score (nSPS) is 25.8. The second-order valence-electron chi connectivity index (χ2n) is 8.26. The van der Waals surface area contributed by atoms with Crippen molar-refractivity contribution in [2.45, 2.75) is 44.6 Å². The Kier molecular flexibility index (Phi) is 4.74. The molecule has 0 radical (unpaired) electrons. The lowest BCUT2D eigenvalue weighted by Gasteiger charge is -2.40. The van der Waals surface area contributed by atoms with Crippen molar-refractivity contribution in [3.8, 4) is 28.6 Å². The molecular weight excluding hydrogens is 397 g/mol. The number of alkyl halides is 1. The maximum Gasteiger partial charge on any atom is 0.233 e. The van der Waals surface area contributed by atoms with Crippen LogP contribution in [0.4, 0.5) is 4.39 Å². The van der Waals surface area contributed by atoms with Crippen molar-refractivity contribution >= 4 is 0 Å². The first kappa shape index (κ1) is 19.7. The van der Waals surface area contributed by atoms with Gasteiger partial charge in [0.15, 0.2) is 6.17 Å². The molecule has 1 saturated heterocycles. The highest BCUT2D eigenvalue weighted by molar-refractivity contribution is 5.68. The van der Waals surface area contributed by atoms with Crippen LogP contribution in [0.3, 0.4) is 0 Å². The Bertz CT molecular complexity index is 1130. The number of ether oxygens (including phenoxy) is 1. The van der Waals surface area contributed by atoms with Gasteiger partial charge in [0.1, 0.15) is 11.9 Å². The number of aromatic nitrogens is 4. The number of halogens is 1. The van der Waals surface area contributed by atoms with Crippen LogP contribution in [0.2, 0.25) is 0 Å². The van der Waals surface area contributed by atoms with Crippen LogP contribution in [-0.2, 0) is 0 Å². The lowest BCUT2D eigenvalue weighted by Crippen LogP contribution is -2.54. The predicted molar refractivity (Wildman–Crippen MR) is 114 cm³/mol. The van der Waals surface area contributed by atoms with E-state index in [0.717, 1.165) is 11.3 Å². The smallest absolute Gasteiger partial charge is 0.233 e. The number of hydrogen-bond acceptors (Lipinski definition) is 6. The minimum Gasteiger partial charge on any atom is -0.507 e. The lowest BCUT2D eigenvalue weighted by molar-refractivity contribution is -0.00940. The molecule has 1 aromatic carbocycles. The molecule has 7 nitrogen and oxygen atoms in total. The molecule has 2 aliphatic rings. The van der Waals surface area contributed by atoms with Gasteiger partial charge in [0.05, 0.1) is 23.8 Å². The molecule has 0 unspecified atom stereocenters. The van der Waals surface area contributed by atoms with Crippen LogP contribution in [0.1, 0.15) is 20.3 Å². The average Bonchev–Trinajstić information content (AvgIpc) is 3.35. The number of likely N-dealkylation sites (N-methyl/N-ethyl adjacent to an activating group) is 1. The summed E-state index contributed by atoms with van der Waals surface area (Å²) in [7, 11) is 1.97. The summed E-state index contributed by atoms with van der Waals surface area (Å²) in [6.45, 7) is 4.08. The first-order chi connectivity index (χ1) is 14.9. The van der Waals surface area contributed by atoms with Gasteiger partial charge in [-0.15, -0.1) is 10.2 Å². The highest BCUT2D eigenvalue weighted by Gasteiger charge is 2.49. The largest absolute Gasteiger partial charge is 0.507 e. The molecule has 2 bridgehead atoms. The zero-order valence-electron chi connectivity index (χ0n) is 17.6. The molecule has 3 aromatic rings. The second-order valence-corrected chi connectivity index (χ2v) is 8.26. The molecule has 0 saturated carbocycles. The molecule has 1 fully saturated rings. The summed E-state index contributed by atoms with van der Waals surface area (Å²) >= 11 is 0. The second kappa shape index (κ2) is 7.46. The summed E-state index contributed by atoms with van der Waals surface area (Å²) in [6.07, 6.45) is 4.02. The Balaban J connectivity index is 1.32. The molecule has 4 atom stereocenters. The van der Waals surface area contributed by atoms with E-state index in [1.807, 2.05) is 20.0 Å². The number of aromatic hydroxyl groups is 1. The van der Waals surface area contributed by atoms with Gasteiger partial charge in [-0.2, -0.15) is 0 Å². The molecule has 0 amide bonds. The van der Waals surface area contributed by atoms with Gasteiger partial charge in [-0.25, -0.2) is 9.37 Å². The number of hydrogen-bond donors (Lipinski definition) is 1. The maximum atomic E-state index is 15.2. The van der Waals surface area contributed by atoms with Crippen molar-refractivity contribution in [3.63, 3.8) is 0 Å². The van der Waals surface area contributed by atoms with E-state index in [9.17, 15) is 5.11 Å². The fraction of sp³-hybridized carbons (Fsp3) is 0.348. The van der Waals surface area contributed by atoms with Crippen molar-refractivity contribution in [2.75, 3.05) is 7.05 Å². The van der Waals surface area contributed by atoms with Crippen molar-refractivity contribution in [2.24, 2.45) is 0 Å². The number of imidazole rings is 1. The third-order valence-corrected chi connectivity index (χ3v) is 6.58. The van der Waals surface area contributed by atoms with E-state index >= 15 is 4.39 Å². The van der Waals surface area contributed by atoms with Gasteiger partial charge in [0.2, 0.25) is 5.88 Å². The highest BCUT2D eigenvalue weighted by atomic mass is 19.1. The summed E-state index contributed by atoms with van der Waals surface area (Å²) in [5, 5.41) is 18.8. The molecule has 2 aromatic heterocycles. The molecule has 5 rings (SSSR count). The van der Waals surface area contributed by atoms with Gasteiger partial charge in [-0.05, 0) is 39.1 Å². The van der Waals surface area contributed by atoms with Crippen LogP contribution < -0.4 is 4.74 Å². The third kappa shape index (κ3) is 3.27. The molecule has 0 spiro atoms. The Morgan fingerprint density at radius 1 is 1.13 bits per heavy atom. The fourth-order valence-corrected chi connectivity index (χ4v) is 4.76. The van der Waals surface area contributed by atoms with E-state index < -0.39 is 12.3 Å². The number of phenolic OH excluding ortho intramolecular Hbond substituents is 1. The molecule has 1 N–H and O–H groups in total. The Labute approximate surface area is 179 Å². The maximum absolute atomic E-state index is 15.2. The quantitative estimate of drug-likeness (QED) is 0.650. The Hall–Kier alpha value is -3.26. The lowest BCUT2D eigenvalue weighted by atomic mass is 9.95. The Morgan fingerprint density at radius 2 is 1.97 bits per heavy atom. The summed E-state index contributed by atoms with van der Waals surface area (Å²) in [4.78, 5) is 6.11. The average molecular weight is 421 g/mol. The minimum atomic E-state index is -1.13. The van der Waals surface area contributed by atoms with Gasteiger partial charge in [0.25, 0.3) is 0 Å². The number of piperidine rings is 1. The first-order valence-electron chi connectivity index (χ1n) is 10.3. The van der Waals surface area contributed by atoms with E-state index in [1.54, 1.807) is 47.6 Å². The molecule has 2 aliphatic heterocycles. The monoisotopic (exact) mass is 421 g/mol. The highest BCUT2D eigenvalue weighted by Crippen LogP contribution is 2.41. The van der Waals surface area contributed by atoms with E-state index in [4.69, 9.17) is 4.74 Å². The summed E-state index contributed by atoms with van der Waals surface area (Å²) in [6, 6.07) is 8.62. The van der Waals surface area contributed by atoms with Crippen LogP contribution >= 0.6 is 0 Å². The van der Waals surface area contributed by atoms with Gasteiger partial charge in [-0.3, -0.25) is 4.90 Å². The van der Waals surface area contributed by atoms with Crippen molar-refractivity contribution < 1.29 is 14.2 Å². The standard InChI is InChI=1S/C23H24FN5O2/c1-13-14(2)23-22(24)20(11-18(13)28(23)3)31-21-7-6-17(26-27-21)16-5-4-15(10-19(16)30)29-9-8-25-12-29/h4-10,12,18,20,22-23,30H,11H2,1-3H3/t18-,20+,22-,23-/m1/s1. The van der Waals surface area contributed by atoms with Crippen LogP contribution in [0.15, 0.2) is 60.2 Å². The van der Waals surface area contributed by atoms with Crippen LogP contribution in [0, 0.1) is 0 Å². The third-order valence-electron chi connectivity index (χ3n) is 6.58. The topological polar surface area (TPSA) is 76.3 Å². The number of rotatable bonds is 4. The number of fused-ring (bicyclic) bond motifs is 2. The van der Waals surface area contributed by atoms with Crippen LogP contribution in [-0.4, -0.2) is 61.2 Å². The van der Waals surface area contributed by atoms with E-state index in [1.165, 1.54) is 5.57 Å². The van der Waals surface area contributed by atoms with Gasteiger partial charge in [0, 0.05) is 42.6 Å². The fourth-order valence-electron chi connectivity index (χ4n) is 4.76. The molecule has 0 aliphatic carbocycles. The van der Waals surface area contributed by atoms with Crippen molar-refractivity contribution in [1.29, 1.82) is 0 Å². The van der Waals surface area contributed by atoms with Gasteiger partial charge >= 0.3 is 0 Å². The van der Waals surface area contributed by atoms with Gasteiger partial charge in [-0.1, -0.05) is 11.1 Å². The van der Waals surface area contributed by atoms with Crippen molar-refractivity contribution in [3.05, 3.63) is 60.2 Å². The molecular formula is C23H24FN5O2. The summed E-state index contributed by atoms with van der Waals surface area (Å²) in [5.74, 6) is 0.368. The number of benzene rings is 1. The van der Waals surface area contributed by atoms with E-state index in [0.29, 0.717) is 17.7 Å². The predicted octanol–water partition coefficient (Wildman–Crippen LogP) is 3.54. The van der Waals surface area contributed by atoms with Crippen LogP contribution in [0.5, 0.6) is 11.6 Å². The van der Waals surface area contributed by atoms with Gasteiger partial charge < -0.3 is 14.4 Å². The summed E-state index contributed by atoms with van der Waals surface area (Å²) in [5.41, 5.74) is 4.19. The van der Waals surface area contributed by atoms with Crippen molar-refractivity contribution in [1.82, 2.24) is 24.6 Å². The zero-order valence-corrected chi connectivity index (χ0v) is 17.6. The molecule has 4 heterocycles. The molecule has 160 valence electrons. The van der Waals surface area contributed by atoms with Crippen LogP contribution in [0.25, 0.3) is 16.9 Å². The number of nitrogens with zero attached hydrogens (tertiary/aromatic N) is 5. The minimum absolute atomic E-state index is 0.0851. The van der Waals surface area contributed by atoms with E-state index in [-0.39, 0.29) is 23.7 Å². The zero-order chi connectivity index (χ0) is 21.7. The molecule has 31 heavy (non-hydrogen) atoms. The Morgan fingerprint density at radius 3 is 2.65 bits per heavy atom. The SMILES string of the molecule is CC1=C(C)[C@@H]2[C@H](F)[C@@H](Oc3ccc(-c4ccc(-n5ccnc5)cc4O)nn3)C[C@H]1N2C. The molecule has 8 heteroatoms. The number of phenols is 1. The van der Waals surface area contributed by atoms with E-state index in [2.05, 4.69) is 27.0 Å². The first-order valence-corrected chi connectivity index (χ1v) is 10.3.